The minimum absolute atomic E-state index is 0.0532. The Hall–Kier alpha value is -3.93. The van der Waals surface area contributed by atoms with Gasteiger partial charge in [0.15, 0.2) is 12.4 Å². The molecule has 6 heteroatoms. The third-order valence-electron chi connectivity index (χ3n) is 6.07. The van der Waals surface area contributed by atoms with E-state index in [0.29, 0.717) is 22.9 Å². The molecule has 0 aliphatic carbocycles. The number of ether oxygens (including phenoxy) is 2. The summed E-state index contributed by atoms with van der Waals surface area (Å²) in [6.45, 7) is 6.15. The summed E-state index contributed by atoms with van der Waals surface area (Å²) in [6, 6.07) is 22.1. The Bertz CT molecular complexity index is 1220. The van der Waals surface area contributed by atoms with E-state index in [0.717, 1.165) is 16.9 Å². The van der Waals surface area contributed by atoms with Crippen molar-refractivity contribution in [1.29, 1.82) is 0 Å². The lowest BCUT2D eigenvalue weighted by Gasteiger charge is -2.18. The minimum atomic E-state index is -0.608. The van der Waals surface area contributed by atoms with Crippen LogP contribution in [0.2, 0.25) is 0 Å². The van der Waals surface area contributed by atoms with Crippen molar-refractivity contribution >= 4 is 23.3 Å². The highest BCUT2D eigenvalue weighted by atomic mass is 16.5. The fourth-order valence-electron chi connectivity index (χ4n) is 4.10. The van der Waals surface area contributed by atoms with E-state index in [9.17, 15) is 14.4 Å². The van der Waals surface area contributed by atoms with Crippen LogP contribution in [0.1, 0.15) is 47.7 Å². The lowest BCUT2D eigenvalue weighted by Crippen LogP contribution is -2.27. The molecule has 1 atom stereocenters. The number of esters is 1. The second-order valence-electron chi connectivity index (χ2n) is 9.09. The Morgan fingerprint density at radius 3 is 2.40 bits per heavy atom. The van der Waals surface area contributed by atoms with Crippen molar-refractivity contribution in [3.63, 3.8) is 0 Å². The van der Waals surface area contributed by atoms with Gasteiger partial charge in [0.25, 0.3) is 0 Å². The standard InChI is InChI=1S/C29H29NO5/c1-19(2)25-14-9-20(3)15-27(25)35-24-12-10-23(11-13-24)30-17-22(16-28(30)32)29(33)34-18-26(31)21-7-5-4-6-8-21/h4-15,19,22H,16-18H2,1-3H3/t22-/m1/s1. The van der Waals surface area contributed by atoms with E-state index in [1.165, 1.54) is 0 Å². The molecule has 0 radical (unpaired) electrons. The molecule has 3 aromatic carbocycles. The predicted octanol–water partition coefficient (Wildman–Crippen LogP) is 5.69. The van der Waals surface area contributed by atoms with Crippen molar-refractivity contribution in [3.8, 4) is 11.5 Å². The Kier molecular flexibility index (Phi) is 7.30. The summed E-state index contributed by atoms with van der Waals surface area (Å²) in [5.41, 5.74) is 3.41. The number of ketones is 1. The largest absolute Gasteiger partial charge is 0.457 e. The van der Waals surface area contributed by atoms with Crippen molar-refractivity contribution in [1.82, 2.24) is 0 Å². The van der Waals surface area contributed by atoms with Gasteiger partial charge in [0.2, 0.25) is 5.91 Å². The smallest absolute Gasteiger partial charge is 0.311 e. The summed E-state index contributed by atoms with van der Waals surface area (Å²) in [5.74, 6) is 0.238. The van der Waals surface area contributed by atoms with Gasteiger partial charge in [-0.1, -0.05) is 56.3 Å². The Morgan fingerprint density at radius 2 is 1.71 bits per heavy atom. The summed E-state index contributed by atoms with van der Waals surface area (Å²) in [5, 5.41) is 0. The second-order valence-corrected chi connectivity index (χ2v) is 9.09. The molecule has 0 N–H and O–H groups in total. The number of carbonyl (C=O) groups excluding carboxylic acids is 3. The Morgan fingerprint density at radius 1 is 1.00 bits per heavy atom. The zero-order valence-corrected chi connectivity index (χ0v) is 20.2. The van der Waals surface area contributed by atoms with Crippen LogP contribution in [0.15, 0.2) is 72.8 Å². The van der Waals surface area contributed by atoms with E-state index < -0.39 is 11.9 Å². The van der Waals surface area contributed by atoms with Crippen molar-refractivity contribution in [2.75, 3.05) is 18.1 Å². The lowest BCUT2D eigenvalue weighted by molar-refractivity contribution is -0.147. The molecule has 6 nitrogen and oxygen atoms in total. The molecule has 1 aliphatic heterocycles. The number of amides is 1. The quantitative estimate of drug-likeness (QED) is 0.312. The van der Waals surface area contributed by atoms with Gasteiger partial charge in [-0.25, -0.2) is 0 Å². The van der Waals surface area contributed by atoms with E-state index in [4.69, 9.17) is 9.47 Å². The second kappa shape index (κ2) is 10.6. The van der Waals surface area contributed by atoms with E-state index in [-0.39, 0.29) is 31.3 Å². The van der Waals surface area contributed by atoms with Crippen molar-refractivity contribution in [2.45, 2.75) is 33.1 Å². The van der Waals surface area contributed by atoms with E-state index in [1.807, 2.05) is 43.3 Å². The summed E-state index contributed by atoms with van der Waals surface area (Å²) < 4.78 is 11.3. The molecule has 1 aliphatic rings. The normalized spacial score (nSPS) is 15.4. The van der Waals surface area contributed by atoms with Crippen LogP contribution in [0.3, 0.4) is 0 Å². The number of carbonyl (C=O) groups is 3. The van der Waals surface area contributed by atoms with Gasteiger partial charge in [-0.15, -0.1) is 0 Å². The average molecular weight is 472 g/mol. The van der Waals surface area contributed by atoms with Crippen molar-refractivity contribution < 1.29 is 23.9 Å². The highest BCUT2D eigenvalue weighted by molar-refractivity contribution is 6.01. The first-order valence-corrected chi connectivity index (χ1v) is 11.8. The van der Waals surface area contributed by atoms with Gasteiger partial charge in [-0.05, 0) is 54.3 Å². The lowest BCUT2D eigenvalue weighted by atomic mass is 10.0. The van der Waals surface area contributed by atoms with Gasteiger partial charge in [0.05, 0.1) is 5.92 Å². The molecule has 4 rings (SSSR count). The summed E-state index contributed by atoms with van der Waals surface area (Å²) in [6.07, 6.45) is 0.0532. The monoisotopic (exact) mass is 471 g/mol. The van der Waals surface area contributed by atoms with Crippen LogP contribution in [-0.4, -0.2) is 30.8 Å². The maximum atomic E-state index is 12.6. The van der Waals surface area contributed by atoms with E-state index in [2.05, 4.69) is 26.0 Å². The Labute approximate surface area is 205 Å². The zero-order valence-electron chi connectivity index (χ0n) is 20.2. The maximum Gasteiger partial charge on any atom is 0.311 e. The van der Waals surface area contributed by atoms with Gasteiger partial charge < -0.3 is 14.4 Å². The number of rotatable bonds is 8. The molecule has 1 amide bonds. The zero-order chi connectivity index (χ0) is 24.9. The number of Topliss-reactive ketones (excluding diaryl/α,β-unsaturated/α-hetero) is 1. The highest BCUT2D eigenvalue weighted by Crippen LogP contribution is 2.33. The molecule has 35 heavy (non-hydrogen) atoms. The molecule has 1 heterocycles. The van der Waals surface area contributed by atoms with Gasteiger partial charge in [-0.2, -0.15) is 0 Å². The van der Waals surface area contributed by atoms with Crippen LogP contribution in [0, 0.1) is 12.8 Å². The number of hydrogen-bond acceptors (Lipinski definition) is 5. The molecule has 0 spiro atoms. The third-order valence-corrected chi connectivity index (χ3v) is 6.07. The van der Waals surface area contributed by atoms with Crippen LogP contribution in [0.5, 0.6) is 11.5 Å². The van der Waals surface area contributed by atoms with Crippen LogP contribution in [-0.2, 0) is 14.3 Å². The first kappa shape index (κ1) is 24.2. The van der Waals surface area contributed by atoms with Crippen LogP contribution < -0.4 is 9.64 Å². The molecule has 0 unspecified atom stereocenters. The predicted molar refractivity (Wildman–Crippen MR) is 134 cm³/mol. The topological polar surface area (TPSA) is 72.9 Å². The van der Waals surface area contributed by atoms with Crippen molar-refractivity contribution in [3.05, 3.63) is 89.5 Å². The third kappa shape index (κ3) is 5.77. The van der Waals surface area contributed by atoms with Crippen molar-refractivity contribution in [2.24, 2.45) is 5.92 Å². The number of hydrogen-bond donors (Lipinski definition) is 0. The average Bonchev–Trinajstić information content (AvgIpc) is 3.25. The van der Waals surface area contributed by atoms with Gasteiger partial charge in [-0.3, -0.25) is 14.4 Å². The van der Waals surface area contributed by atoms with Crippen LogP contribution in [0.4, 0.5) is 5.69 Å². The summed E-state index contributed by atoms with van der Waals surface area (Å²) >= 11 is 0. The fraction of sp³-hybridized carbons (Fsp3) is 0.276. The van der Waals surface area contributed by atoms with Crippen LogP contribution >= 0.6 is 0 Å². The number of nitrogens with zero attached hydrogens (tertiary/aromatic N) is 1. The molecular weight excluding hydrogens is 442 g/mol. The molecule has 0 aromatic heterocycles. The highest BCUT2D eigenvalue weighted by Gasteiger charge is 2.36. The number of benzene rings is 3. The van der Waals surface area contributed by atoms with Gasteiger partial charge in [0, 0.05) is 24.2 Å². The molecule has 180 valence electrons. The summed E-state index contributed by atoms with van der Waals surface area (Å²) in [7, 11) is 0. The minimum Gasteiger partial charge on any atom is -0.457 e. The first-order chi connectivity index (χ1) is 16.8. The molecule has 3 aromatic rings. The molecule has 0 bridgehead atoms. The maximum absolute atomic E-state index is 12.6. The number of aryl methyl sites for hydroxylation is 1. The number of anilines is 1. The molecular formula is C29H29NO5. The molecule has 1 fully saturated rings. The van der Waals surface area contributed by atoms with Gasteiger partial charge >= 0.3 is 5.97 Å². The van der Waals surface area contributed by atoms with E-state index in [1.54, 1.807) is 29.2 Å². The SMILES string of the molecule is Cc1ccc(C(C)C)c(Oc2ccc(N3C[C@H](C(=O)OCC(=O)c4ccccc4)CC3=O)cc2)c1. The molecule has 1 saturated heterocycles. The first-order valence-electron chi connectivity index (χ1n) is 11.8. The molecule has 0 saturated carbocycles. The summed E-state index contributed by atoms with van der Waals surface area (Å²) in [4.78, 5) is 38.9. The van der Waals surface area contributed by atoms with Crippen LogP contribution in [0.25, 0.3) is 0 Å². The van der Waals surface area contributed by atoms with E-state index >= 15 is 0 Å². The Balaban J connectivity index is 1.37. The fourth-order valence-corrected chi connectivity index (χ4v) is 4.10. The van der Waals surface area contributed by atoms with Gasteiger partial charge in [0.1, 0.15) is 11.5 Å².